The molecule has 0 spiro atoms. The Labute approximate surface area is 119 Å². The predicted octanol–water partition coefficient (Wildman–Crippen LogP) is 2.18. The highest BCUT2D eigenvalue weighted by atomic mass is 15.3. The molecular weight excluding hydrogens is 234 g/mol. The Morgan fingerprint density at radius 3 is 2.16 bits per heavy atom. The lowest BCUT2D eigenvalue weighted by atomic mass is 9.75. The van der Waals surface area contributed by atoms with E-state index in [1.54, 1.807) is 0 Å². The van der Waals surface area contributed by atoms with Crippen molar-refractivity contribution < 1.29 is 0 Å². The fourth-order valence-corrected chi connectivity index (χ4v) is 4.33. The van der Waals surface area contributed by atoms with E-state index in [1.807, 2.05) is 0 Å². The summed E-state index contributed by atoms with van der Waals surface area (Å²) in [6, 6.07) is 1.31. The summed E-state index contributed by atoms with van der Waals surface area (Å²) in [6.45, 7) is 6.04. The molecule has 0 aromatic carbocycles. The fourth-order valence-electron chi connectivity index (χ4n) is 4.33. The van der Waals surface area contributed by atoms with E-state index in [2.05, 4.69) is 57.2 Å². The average Bonchev–Trinajstić information content (AvgIpc) is 2.57. The van der Waals surface area contributed by atoms with E-state index in [1.165, 1.54) is 38.6 Å². The Balaban J connectivity index is 2.02. The van der Waals surface area contributed by atoms with Crippen LogP contribution in [0.15, 0.2) is 0 Å². The van der Waals surface area contributed by atoms with Gasteiger partial charge in [-0.25, -0.2) is 0 Å². The van der Waals surface area contributed by atoms with Gasteiger partial charge in [0.2, 0.25) is 0 Å². The molecule has 0 amide bonds. The second-order valence-corrected chi connectivity index (χ2v) is 7.75. The van der Waals surface area contributed by atoms with Crippen molar-refractivity contribution in [2.45, 2.75) is 63.6 Å². The first-order valence-corrected chi connectivity index (χ1v) is 7.87. The van der Waals surface area contributed by atoms with Gasteiger partial charge in [0.1, 0.15) is 0 Å². The Bertz CT molecular complexity index is 307. The van der Waals surface area contributed by atoms with Gasteiger partial charge in [-0.2, -0.15) is 0 Å². The van der Waals surface area contributed by atoms with Gasteiger partial charge in [0.15, 0.2) is 0 Å². The zero-order chi connectivity index (χ0) is 14.3. The van der Waals surface area contributed by atoms with Gasteiger partial charge in [0.05, 0.1) is 0 Å². The van der Waals surface area contributed by atoms with E-state index in [9.17, 15) is 0 Å². The van der Waals surface area contributed by atoms with Gasteiger partial charge in [0, 0.05) is 24.2 Å². The van der Waals surface area contributed by atoms with Crippen molar-refractivity contribution >= 4 is 0 Å². The summed E-state index contributed by atoms with van der Waals surface area (Å²) in [5.41, 5.74) is 0.873. The van der Waals surface area contributed by atoms with E-state index < -0.39 is 0 Å². The van der Waals surface area contributed by atoms with E-state index in [0.29, 0.717) is 23.0 Å². The molecule has 2 saturated carbocycles. The molecule has 3 heteroatoms. The quantitative estimate of drug-likeness (QED) is 0.824. The third-order valence-corrected chi connectivity index (χ3v) is 5.96. The van der Waals surface area contributed by atoms with Crippen LogP contribution in [0.2, 0.25) is 0 Å². The summed E-state index contributed by atoms with van der Waals surface area (Å²) in [7, 11) is 8.96. The van der Waals surface area contributed by atoms with Crippen molar-refractivity contribution in [3.63, 3.8) is 0 Å². The lowest BCUT2D eigenvalue weighted by Gasteiger charge is -2.51. The number of hydrogen-bond acceptors (Lipinski definition) is 3. The van der Waals surface area contributed by atoms with Gasteiger partial charge >= 0.3 is 0 Å². The zero-order valence-electron chi connectivity index (χ0n) is 13.8. The van der Waals surface area contributed by atoms with E-state index >= 15 is 0 Å². The highest BCUT2D eigenvalue weighted by molar-refractivity contribution is 5.04. The van der Waals surface area contributed by atoms with Crippen LogP contribution in [0.25, 0.3) is 0 Å². The van der Waals surface area contributed by atoms with Gasteiger partial charge in [0.25, 0.3) is 0 Å². The van der Waals surface area contributed by atoms with E-state index in [-0.39, 0.29) is 0 Å². The third-order valence-electron chi connectivity index (χ3n) is 5.96. The first-order valence-electron chi connectivity index (χ1n) is 7.87. The highest BCUT2D eigenvalue weighted by Crippen LogP contribution is 2.42. The van der Waals surface area contributed by atoms with Gasteiger partial charge in [-0.05, 0) is 65.7 Å². The molecule has 0 aromatic heterocycles. The topological polar surface area (TPSA) is 18.5 Å². The smallest absolute Gasteiger partial charge is 0.0330 e. The molecule has 0 aromatic rings. The molecule has 1 N–H and O–H groups in total. The molecule has 0 aliphatic heterocycles. The van der Waals surface area contributed by atoms with Crippen LogP contribution in [0.4, 0.5) is 0 Å². The minimum atomic E-state index is 0.429. The first kappa shape index (κ1) is 15.3. The van der Waals surface area contributed by atoms with Gasteiger partial charge in [-0.3, -0.25) is 0 Å². The average molecular weight is 267 g/mol. The minimum Gasteiger partial charge on any atom is -0.315 e. The van der Waals surface area contributed by atoms with Crippen LogP contribution in [0, 0.1) is 5.41 Å². The van der Waals surface area contributed by atoms with Crippen molar-refractivity contribution in [1.29, 1.82) is 0 Å². The normalized spacial score (nSPS) is 32.8. The molecule has 2 unspecified atom stereocenters. The molecular formula is C16H33N3. The maximum atomic E-state index is 3.58. The molecule has 112 valence electrons. The first-order chi connectivity index (χ1) is 8.82. The predicted molar refractivity (Wildman–Crippen MR) is 82.5 cm³/mol. The van der Waals surface area contributed by atoms with E-state index in [4.69, 9.17) is 0 Å². The maximum absolute atomic E-state index is 3.58. The fraction of sp³-hybridized carbons (Fsp3) is 1.00. The van der Waals surface area contributed by atoms with Crippen LogP contribution in [-0.4, -0.2) is 62.2 Å². The lowest BCUT2D eigenvalue weighted by molar-refractivity contribution is 0.0114. The standard InChI is InChI=1S/C16H33N3/c1-15(2)11-8-13(14(15)17-3)19(6)12-16(18(4)5)9-7-10-16/h13-14,17H,7-12H2,1-6H3. The second kappa shape index (κ2) is 5.34. The van der Waals surface area contributed by atoms with Gasteiger partial charge in [-0.1, -0.05) is 13.8 Å². The Kier molecular flexibility index (Phi) is 4.29. The molecule has 0 saturated heterocycles. The summed E-state index contributed by atoms with van der Waals surface area (Å²) in [4.78, 5) is 5.09. The molecule has 0 heterocycles. The van der Waals surface area contributed by atoms with Crippen LogP contribution in [0.1, 0.15) is 46.0 Å². The number of nitrogens with one attached hydrogen (secondary N) is 1. The van der Waals surface area contributed by atoms with Gasteiger partial charge in [-0.15, -0.1) is 0 Å². The van der Waals surface area contributed by atoms with Crippen molar-refractivity contribution in [2.75, 3.05) is 34.7 Å². The molecule has 2 aliphatic carbocycles. The number of nitrogens with zero attached hydrogens (tertiary/aromatic N) is 2. The summed E-state index contributed by atoms with van der Waals surface area (Å²) in [5.74, 6) is 0. The number of likely N-dealkylation sites (N-methyl/N-ethyl adjacent to an activating group) is 3. The van der Waals surface area contributed by atoms with Crippen molar-refractivity contribution in [2.24, 2.45) is 5.41 Å². The Hall–Kier alpha value is -0.120. The molecule has 19 heavy (non-hydrogen) atoms. The van der Waals surface area contributed by atoms with Gasteiger partial charge < -0.3 is 15.1 Å². The SMILES string of the molecule is CNC1C(N(C)CC2(N(C)C)CCC2)CCC1(C)C. The third kappa shape index (κ3) is 2.70. The summed E-state index contributed by atoms with van der Waals surface area (Å²) < 4.78 is 0. The van der Waals surface area contributed by atoms with Crippen LogP contribution < -0.4 is 5.32 Å². The summed E-state index contributed by atoms with van der Waals surface area (Å²) >= 11 is 0. The number of hydrogen-bond donors (Lipinski definition) is 1. The number of rotatable bonds is 5. The molecule has 3 nitrogen and oxygen atoms in total. The second-order valence-electron chi connectivity index (χ2n) is 7.75. The molecule has 2 fully saturated rings. The highest BCUT2D eigenvalue weighted by Gasteiger charge is 2.46. The largest absolute Gasteiger partial charge is 0.315 e. The molecule has 0 radical (unpaired) electrons. The van der Waals surface area contributed by atoms with Crippen LogP contribution in [0.5, 0.6) is 0 Å². The molecule has 2 aliphatic rings. The monoisotopic (exact) mass is 267 g/mol. The maximum Gasteiger partial charge on any atom is 0.0330 e. The minimum absolute atomic E-state index is 0.429. The molecule has 2 atom stereocenters. The lowest BCUT2D eigenvalue weighted by Crippen LogP contribution is -2.60. The Morgan fingerprint density at radius 2 is 1.74 bits per heavy atom. The van der Waals surface area contributed by atoms with Crippen LogP contribution in [-0.2, 0) is 0 Å². The Morgan fingerprint density at radius 1 is 1.11 bits per heavy atom. The van der Waals surface area contributed by atoms with Crippen LogP contribution in [0.3, 0.4) is 0 Å². The summed E-state index contributed by atoms with van der Waals surface area (Å²) in [5, 5.41) is 3.58. The van der Waals surface area contributed by atoms with Crippen molar-refractivity contribution in [3.8, 4) is 0 Å². The zero-order valence-corrected chi connectivity index (χ0v) is 13.8. The molecule has 0 bridgehead atoms. The summed E-state index contributed by atoms with van der Waals surface area (Å²) in [6.07, 6.45) is 6.80. The molecule has 2 rings (SSSR count). The van der Waals surface area contributed by atoms with E-state index in [0.717, 1.165) is 0 Å². The van der Waals surface area contributed by atoms with Crippen LogP contribution >= 0.6 is 0 Å². The van der Waals surface area contributed by atoms with Crippen molar-refractivity contribution in [3.05, 3.63) is 0 Å². The van der Waals surface area contributed by atoms with Crippen molar-refractivity contribution in [1.82, 2.24) is 15.1 Å².